The minimum absolute atomic E-state index is 0.335. The van der Waals surface area contributed by atoms with Gasteiger partial charge in [0.05, 0.1) is 27.7 Å². The maximum absolute atomic E-state index is 12.7. The van der Waals surface area contributed by atoms with Gasteiger partial charge in [-0.15, -0.1) is 0 Å². The van der Waals surface area contributed by atoms with Crippen molar-refractivity contribution in [2.45, 2.75) is 161 Å². The van der Waals surface area contributed by atoms with Crippen LogP contribution in [-0.2, 0) is 9.09 Å². The van der Waals surface area contributed by atoms with E-state index in [1.54, 1.807) is 0 Å². The lowest BCUT2D eigenvalue weighted by Crippen LogP contribution is -2.45. The van der Waals surface area contributed by atoms with Crippen molar-refractivity contribution in [3.63, 3.8) is 0 Å². The summed E-state index contributed by atoms with van der Waals surface area (Å²) in [5.74, 6) is -0.335. The van der Waals surface area contributed by atoms with Gasteiger partial charge in [0.25, 0.3) is 0 Å². The van der Waals surface area contributed by atoms with E-state index in [1.165, 1.54) is 116 Å². The predicted octanol–water partition coefficient (Wildman–Crippen LogP) is 10.4. The van der Waals surface area contributed by atoms with Crippen molar-refractivity contribution in [2.24, 2.45) is 0 Å². The molecule has 0 aromatic carbocycles. The molecule has 0 saturated carbocycles. The Morgan fingerprint density at radius 2 is 1.03 bits per heavy atom. The highest BCUT2D eigenvalue weighted by Gasteiger charge is 2.41. The third-order valence-electron chi connectivity index (χ3n) is 7.25. The van der Waals surface area contributed by atoms with Gasteiger partial charge in [-0.25, -0.2) is 0 Å². The topological polar surface area (TPSA) is 46.5 Å². The molecule has 1 N–H and O–H groups in total. The molecule has 0 aliphatic rings. The van der Waals surface area contributed by atoms with Crippen molar-refractivity contribution in [1.29, 1.82) is 0 Å². The third kappa shape index (κ3) is 21.9. The Balaban J connectivity index is 3.45. The van der Waals surface area contributed by atoms with Crippen LogP contribution < -0.4 is 0 Å². The highest BCUT2D eigenvalue weighted by atomic mass is 31.2. The van der Waals surface area contributed by atoms with E-state index >= 15 is 0 Å². The van der Waals surface area contributed by atoms with Gasteiger partial charge in [0.1, 0.15) is 0 Å². The van der Waals surface area contributed by atoms with E-state index in [1.807, 2.05) is 21.1 Å². The molecule has 0 bridgehead atoms. The summed E-state index contributed by atoms with van der Waals surface area (Å²) in [4.78, 5) is 10.4. The quantitative estimate of drug-likeness (QED) is 0.0497. The Hall–Kier alpha value is -0.150. The minimum atomic E-state index is -3.57. The normalized spacial score (nSPS) is 14.9. The molecule has 2 unspecified atom stereocenters. The van der Waals surface area contributed by atoms with Crippen LogP contribution in [0.15, 0.2) is 12.2 Å². The zero-order valence-electron chi connectivity index (χ0n) is 25.2. The Kier molecular flexibility index (Phi) is 23.8. The molecule has 0 spiro atoms. The molecule has 0 aliphatic heterocycles. The summed E-state index contributed by atoms with van der Waals surface area (Å²) in [5, 5.41) is 0. The van der Waals surface area contributed by atoms with Gasteiger partial charge in [-0.1, -0.05) is 122 Å². The van der Waals surface area contributed by atoms with Crippen LogP contribution in [0, 0.1) is 0 Å². The molecule has 0 aliphatic carbocycles. The zero-order chi connectivity index (χ0) is 27.0. The first-order valence-electron chi connectivity index (χ1n) is 15.7. The lowest BCUT2D eigenvalue weighted by Gasteiger charge is -2.35. The van der Waals surface area contributed by atoms with E-state index in [-0.39, 0.29) is 5.78 Å². The summed E-state index contributed by atoms with van der Waals surface area (Å²) >= 11 is 0. The number of nitrogens with zero attached hydrogens (tertiary/aromatic N) is 1. The monoisotopic (exact) mass is 530 g/mol. The highest BCUT2D eigenvalue weighted by Crippen LogP contribution is 2.51. The SMILES string of the molecule is CCCCCCCCCCC=CCCCCCCCCCCCCOP(=O)(O)C(CCC)[N+](C)(C)C. The Bertz CT molecular complexity index is 544. The lowest BCUT2D eigenvalue weighted by molar-refractivity contribution is -0.883. The van der Waals surface area contributed by atoms with Crippen LogP contribution in [0.2, 0.25) is 0 Å². The molecular formula is C31H65NO3P+. The Morgan fingerprint density at radius 1 is 0.639 bits per heavy atom. The number of allylic oxidation sites excluding steroid dienone is 2. The summed E-state index contributed by atoms with van der Waals surface area (Å²) in [6.45, 7) is 4.74. The molecular weight excluding hydrogens is 465 g/mol. The van der Waals surface area contributed by atoms with Gasteiger partial charge in [-0.05, 0) is 38.5 Å². The Labute approximate surface area is 226 Å². The maximum atomic E-state index is 12.7. The second-order valence-corrected chi connectivity index (χ2v) is 13.8. The first-order valence-corrected chi connectivity index (χ1v) is 17.3. The van der Waals surface area contributed by atoms with Crippen molar-refractivity contribution in [1.82, 2.24) is 0 Å². The van der Waals surface area contributed by atoms with Gasteiger partial charge in [-0.2, -0.15) is 0 Å². The van der Waals surface area contributed by atoms with Crippen LogP contribution in [0.3, 0.4) is 0 Å². The first-order chi connectivity index (χ1) is 17.3. The number of unbranched alkanes of at least 4 members (excludes halogenated alkanes) is 18. The number of quaternary nitrogens is 1. The fourth-order valence-corrected chi connectivity index (χ4v) is 6.96. The van der Waals surface area contributed by atoms with E-state index in [0.29, 0.717) is 17.5 Å². The van der Waals surface area contributed by atoms with E-state index in [9.17, 15) is 9.46 Å². The van der Waals surface area contributed by atoms with E-state index in [2.05, 4.69) is 26.0 Å². The molecule has 0 heterocycles. The van der Waals surface area contributed by atoms with Crippen LogP contribution in [0.1, 0.15) is 155 Å². The molecule has 0 aromatic heterocycles. The molecule has 0 aromatic rings. The van der Waals surface area contributed by atoms with Gasteiger partial charge in [0.2, 0.25) is 0 Å². The smallest absolute Gasteiger partial charge is 0.320 e. The molecule has 0 radical (unpaired) electrons. The number of hydrogen-bond donors (Lipinski definition) is 1. The van der Waals surface area contributed by atoms with Crippen molar-refractivity contribution in [3.8, 4) is 0 Å². The Morgan fingerprint density at radius 3 is 1.42 bits per heavy atom. The second kappa shape index (κ2) is 23.9. The molecule has 216 valence electrons. The van der Waals surface area contributed by atoms with Gasteiger partial charge in [0.15, 0.2) is 5.78 Å². The molecule has 0 saturated heterocycles. The first kappa shape index (κ1) is 35.9. The van der Waals surface area contributed by atoms with E-state index in [4.69, 9.17) is 4.52 Å². The number of hydrogen-bond acceptors (Lipinski definition) is 2. The second-order valence-electron chi connectivity index (χ2n) is 11.8. The fourth-order valence-electron chi connectivity index (χ4n) is 4.94. The number of rotatable bonds is 27. The largest absolute Gasteiger partial charge is 0.385 e. The minimum Gasteiger partial charge on any atom is -0.320 e. The van der Waals surface area contributed by atoms with Gasteiger partial charge in [-0.3, -0.25) is 4.57 Å². The molecule has 36 heavy (non-hydrogen) atoms. The average molecular weight is 531 g/mol. The lowest BCUT2D eigenvalue weighted by atomic mass is 10.1. The van der Waals surface area contributed by atoms with Crippen molar-refractivity contribution in [2.75, 3.05) is 27.7 Å². The molecule has 5 heteroatoms. The van der Waals surface area contributed by atoms with Gasteiger partial charge in [0, 0.05) is 6.42 Å². The summed E-state index contributed by atoms with van der Waals surface area (Å²) < 4.78 is 18.7. The van der Waals surface area contributed by atoms with Crippen LogP contribution in [0.4, 0.5) is 0 Å². The van der Waals surface area contributed by atoms with Gasteiger partial charge < -0.3 is 13.9 Å². The molecule has 0 amide bonds. The van der Waals surface area contributed by atoms with Crippen molar-refractivity contribution < 1.29 is 18.5 Å². The van der Waals surface area contributed by atoms with E-state index < -0.39 is 7.60 Å². The third-order valence-corrected chi connectivity index (χ3v) is 9.51. The highest BCUT2D eigenvalue weighted by molar-refractivity contribution is 7.53. The summed E-state index contributed by atoms with van der Waals surface area (Å²) in [6.07, 6.45) is 32.8. The average Bonchev–Trinajstić information content (AvgIpc) is 2.82. The maximum Gasteiger partial charge on any atom is 0.385 e. The summed E-state index contributed by atoms with van der Waals surface area (Å²) in [7, 11) is 2.36. The van der Waals surface area contributed by atoms with Crippen LogP contribution in [0.25, 0.3) is 0 Å². The molecule has 2 atom stereocenters. The van der Waals surface area contributed by atoms with Crippen LogP contribution >= 0.6 is 7.60 Å². The van der Waals surface area contributed by atoms with Crippen LogP contribution in [0.5, 0.6) is 0 Å². The molecule has 0 rings (SSSR count). The standard InChI is InChI=1S/C31H64NO3P/c1-6-8-9-10-11-12-13-14-15-16-17-18-19-20-21-22-23-24-25-26-27-28-30-35-36(33,34)31(29-7-2)32(3,4)5/h16-17,31H,6-15,18-30H2,1-5H3/p+1. The molecule has 4 nitrogen and oxygen atoms in total. The fraction of sp³-hybridized carbons (Fsp3) is 0.935. The van der Waals surface area contributed by atoms with Crippen molar-refractivity contribution in [3.05, 3.63) is 12.2 Å². The zero-order valence-corrected chi connectivity index (χ0v) is 26.0. The van der Waals surface area contributed by atoms with Gasteiger partial charge >= 0.3 is 7.60 Å². The van der Waals surface area contributed by atoms with Crippen LogP contribution in [-0.4, -0.2) is 42.9 Å². The molecule has 0 fully saturated rings. The summed E-state index contributed by atoms with van der Waals surface area (Å²) in [6, 6.07) is 0. The predicted molar refractivity (Wildman–Crippen MR) is 160 cm³/mol. The van der Waals surface area contributed by atoms with E-state index in [0.717, 1.165) is 19.3 Å². The van der Waals surface area contributed by atoms with Crippen molar-refractivity contribution >= 4 is 7.60 Å². The summed E-state index contributed by atoms with van der Waals surface area (Å²) in [5.41, 5.74) is 0.